The van der Waals surface area contributed by atoms with Crippen LogP contribution in [0.4, 0.5) is 0 Å². The number of nitrogens with one attached hydrogen (secondary N) is 2. The summed E-state index contributed by atoms with van der Waals surface area (Å²) >= 11 is 0. The van der Waals surface area contributed by atoms with Crippen LogP contribution in [0.25, 0.3) is 0 Å². The molecule has 2 fully saturated rings. The molecule has 4 heteroatoms. The summed E-state index contributed by atoms with van der Waals surface area (Å²) in [7, 11) is 0. The highest BCUT2D eigenvalue weighted by atomic mass is 35.5. The van der Waals surface area contributed by atoms with Gasteiger partial charge in [0.2, 0.25) is 5.91 Å². The van der Waals surface area contributed by atoms with Crippen LogP contribution >= 0.6 is 12.4 Å². The van der Waals surface area contributed by atoms with Gasteiger partial charge in [0.05, 0.1) is 0 Å². The van der Waals surface area contributed by atoms with Gasteiger partial charge in [0.15, 0.2) is 0 Å². The summed E-state index contributed by atoms with van der Waals surface area (Å²) in [6.45, 7) is 5.49. The molecule has 0 spiro atoms. The number of hydrogen-bond acceptors (Lipinski definition) is 2. The van der Waals surface area contributed by atoms with Crippen LogP contribution in [0, 0.1) is 11.8 Å². The third-order valence-corrected chi connectivity index (χ3v) is 4.24. The van der Waals surface area contributed by atoms with E-state index in [4.69, 9.17) is 0 Å². The Morgan fingerprint density at radius 2 is 2.00 bits per heavy atom. The second-order valence-electron chi connectivity index (χ2n) is 5.60. The number of halogens is 1. The first-order valence-electron chi connectivity index (χ1n) is 6.69. The molecule has 2 aliphatic rings. The summed E-state index contributed by atoms with van der Waals surface area (Å²) in [5.41, 5.74) is 0. The molecular formula is C13H25ClN2O. The predicted octanol–water partition coefficient (Wildman–Crippen LogP) is 2.10. The van der Waals surface area contributed by atoms with Crippen LogP contribution in [-0.2, 0) is 4.79 Å². The van der Waals surface area contributed by atoms with E-state index in [-0.39, 0.29) is 18.3 Å². The quantitative estimate of drug-likeness (QED) is 0.816. The molecule has 3 atom stereocenters. The SMILES string of the molecule is CC1CCNC(C)C1NC(=O)CC1CCC1.Cl. The molecule has 1 amide bonds. The van der Waals surface area contributed by atoms with E-state index in [2.05, 4.69) is 24.5 Å². The van der Waals surface area contributed by atoms with Gasteiger partial charge in [0.25, 0.3) is 0 Å². The average Bonchev–Trinajstić information content (AvgIpc) is 2.18. The molecule has 0 bridgehead atoms. The first kappa shape index (κ1) is 14.8. The summed E-state index contributed by atoms with van der Waals surface area (Å²) in [4.78, 5) is 11.9. The maximum absolute atomic E-state index is 11.9. The Hall–Kier alpha value is -0.280. The van der Waals surface area contributed by atoms with E-state index in [9.17, 15) is 4.79 Å². The zero-order chi connectivity index (χ0) is 11.5. The van der Waals surface area contributed by atoms with Crippen LogP contribution in [0.1, 0.15) is 46.0 Å². The Labute approximate surface area is 111 Å². The van der Waals surface area contributed by atoms with Crippen molar-refractivity contribution in [3.8, 4) is 0 Å². The number of carbonyl (C=O) groups is 1. The van der Waals surface area contributed by atoms with Crippen LogP contribution in [0.5, 0.6) is 0 Å². The molecular weight excluding hydrogens is 236 g/mol. The van der Waals surface area contributed by atoms with Gasteiger partial charge in [-0.05, 0) is 44.6 Å². The van der Waals surface area contributed by atoms with Crippen molar-refractivity contribution >= 4 is 18.3 Å². The summed E-state index contributed by atoms with van der Waals surface area (Å²) in [6, 6.07) is 0.732. The van der Waals surface area contributed by atoms with E-state index in [0.29, 0.717) is 23.9 Å². The van der Waals surface area contributed by atoms with Crippen molar-refractivity contribution < 1.29 is 4.79 Å². The molecule has 3 nitrogen and oxygen atoms in total. The molecule has 2 N–H and O–H groups in total. The van der Waals surface area contributed by atoms with E-state index < -0.39 is 0 Å². The molecule has 2 rings (SSSR count). The van der Waals surface area contributed by atoms with E-state index in [0.717, 1.165) is 13.0 Å². The number of rotatable bonds is 3. The van der Waals surface area contributed by atoms with Crippen LogP contribution in [0.15, 0.2) is 0 Å². The highest BCUT2D eigenvalue weighted by molar-refractivity contribution is 5.85. The lowest BCUT2D eigenvalue weighted by Gasteiger charge is -2.36. The van der Waals surface area contributed by atoms with Crippen molar-refractivity contribution in [3.63, 3.8) is 0 Å². The minimum absolute atomic E-state index is 0. The van der Waals surface area contributed by atoms with E-state index in [1.807, 2.05) is 0 Å². The monoisotopic (exact) mass is 260 g/mol. The Morgan fingerprint density at radius 3 is 2.53 bits per heavy atom. The van der Waals surface area contributed by atoms with Gasteiger partial charge in [-0.1, -0.05) is 13.3 Å². The number of amides is 1. The molecule has 17 heavy (non-hydrogen) atoms. The van der Waals surface area contributed by atoms with Crippen LogP contribution in [0.2, 0.25) is 0 Å². The predicted molar refractivity (Wildman–Crippen MR) is 72.4 cm³/mol. The normalized spacial score (nSPS) is 33.4. The molecule has 0 aromatic heterocycles. The Balaban J connectivity index is 0.00000144. The van der Waals surface area contributed by atoms with E-state index in [1.54, 1.807) is 0 Å². The van der Waals surface area contributed by atoms with Crippen molar-refractivity contribution in [2.24, 2.45) is 11.8 Å². The maximum atomic E-state index is 11.9. The van der Waals surface area contributed by atoms with Crippen LogP contribution in [-0.4, -0.2) is 24.5 Å². The van der Waals surface area contributed by atoms with Gasteiger partial charge in [-0.3, -0.25) is 4.79 Å². The Morgan fingerprint density at radius 1 is 1.29 bits per heavy atom. The topological polar surface area (TPSA) is 41.1 Å². The van der Waals surface area contributed by atoms with Crippen molar-refractivity contribution in [2.45, 2.75) is 58.0 Å². The van der Waals surface area contributed by atoms with Gasteiger partial charge in [-0.2, -0.15) is 0 Å². The first-order chi connectivity index (χ1) is 7.66. The molecule has 1 aliphatic heterocycles. The zero-order valence-electron chi connectivity index (χ0n) is 10.9. The zero-order valence-corrected chi connectivity index (χ0v) is 11.7. The van der Waals surface area contributed by atoms with Crippen LogP contribution in [0.3, 0.4) is 0 Å². The summed E-state index contributed by atoms with van der Waals surface area (Å²) in [5, 5.41) is 6.65. The smallest absolute Gasteiger partial charge is 0.220 e. The second kappa shape index (κ2) is 6.60. The minimum Gasteiger partial charge on any atom is -0.352 e. The Bertz CT molecular complexity index is 246. The number of carbonyl (C=O) groups excluding carboxylic acids is 1. The molecule has 100 valence electrons. The minimum atomic E-state index is 0. The standard InChI is InChI=1S/C13H24N2O.ClH/c1-9-6-7-14-10(2)13(9)15-12(16)8-11-4-3-5-11;/h9-11,13-14H,3-8H2,1-2H3,(H,15,16);1H. The number of hydrogen-bond donors (Lipinski definition) is 2. The lowest BCUT2D eigenvalue weighted by Crippen LogP contribution is -2.56. The maximum Gasteiger partial charge on any atom is 0.220 e. The highest BCUT2D eigenvalue weighted by Gasteiger charge is 2.29. The average molecular weight is 261 g/mol. The van der Waals surface area contributed by atoms with E-state index in [1.165, 1.54) is 25.7 Å². The molecule has 1 saturated carbocycles. The van der Waals surface area contributed by atoms with Crippen LogP contribution < -0.4 is 10.6 Å². The number of piperidine rings is 1. The van der Waals surface area contributed by atoms with Crippen molar-refractivity contribution in [3.05, 3.63) is 0 Å². The third-order valence-electron chi connectivity index (χ3n) is 4.24. The van der Waals surface area contributed by atoms with Gasteiger partial charge in [0.1, 0.15) is 0 Å². The molecule has 0 aromatic rings. The first-order valence-corrected chi connectivity index (χ1v) is 6.69. The van der Waals surface area contributed by atoms with Gasteiger partial charge in [0, 0.05) is 18.5 Å². The van der Waals surface area contributed by atoms with Crippen molar-refractivity contribution in [1.29, 1.82) is 0 Å². The molecule has 1 heterocycles. The molecule has 1 saturated heterocycles. The molecule has 1 aliphatic carbocycles. The van der Waals surface area contributed by atoms with Crippen molar-refractivity contribution in [2.75, 3.05) is 6.54 Å². The molecule has 0 radical (unpaired) electrons. The molecule has 0 aromatic carbocycles. The van der Waals surface area contributed by atoms with Gasteiger partial charge in [-0.25, -0.2) is 0 Å². The largest absolute Gasteiger partial charge is 0.352 e. The summed E-state index contributed by atoms with van der Waals surface area (Å²) in [6.07, 6.45) is 5.73. The van der Waals surface area contributed by atoms with Gasteiger partial charge < -0.3 is 10.6 Å². The second-order valence-corrected chi connectivity index (χ2v) is 5.60. The van der Waals surface area contributed by atoms with Gasteiger partial charge >= 0.3 is 0 Å². The summed E-state index contributed by atoms with van der Waals surface area (Å²) in [5.74, 6) is 1.53. The fourth-order valence-electron chi connectivity index (χ4n) is 2.81. The highest BCUT2D eigenvalue weighted by Crippen LogP contribution is 2.29. The Kier molecular flexibility index (Phi) is 5.74. The lowest BCUT2D eigenvalue weighted by molar-refractivity contribution is -0.124. The third kappa shape index (κ3) is 3.85. The fraction of sp³-hybridized carbons (Fsp3) is 0.923. The lowest BCUT2D eigenvalue weighted by atomic mass is 9.82. The molecule has 3 unspecified atom stereocenters. The van der Waals surface area contributed by atoms with E-state index >= 15 is 0 Å². The van der Waals surface area contributed by atoms with Gasteiger partial charge in [-0.15, -0.1) is 12.4 Å². The fourth-order valence-corrected chi connectivity index (χ4v) is 2.81. The summed E-state index contributed by atoms with van der Waals surface area (Å²) < 4.78 is 0. The van der Waals surface area contributed by atoms with Crippen molar-refractivity contribution in [1.82, 2.24) is 10.6 Å².